The van der Waals surface area contributed by atoms with Gasteiger partial charge in [0, 0.05) is 4.47 Å². The monoisotopic (exact) mass is 476 g/mol. The molecule has 0 aliphatic heterocycles. The standard InChI is InChI=1S/C16H12BrClF2N4O2S/c1-27-16-23-22-15(14(19)20)24(16)21-7-10-3-4-11(26-10)8-25-13-5-2-9(17)6-12(13)18/h2-7,14H,8H2,1H3. The Labute approximate surface area is 170 Å². The van der Waals surface area contributed by atoms with Gasteiger partial charge in [0.2, 0.25) is 11.0 Å². The lowest BCUT2D eigenvalue weighted by atomic mass is 10.3. The number of hydrogen-bond donors (Lipinski definition) is 0. The van der Waals surface area contributed by atoms with Crippen LogP contribution in [-0.4, -0.2) is 27.3 Å². The molecule has 0 saturated carbocycles. The summed E-state index contributed by atoms with van der Waals surface area (Å²) in [5.74, 6) is 0.882. The van der Waals surface area contributed by atoms with E-state index in [0.717, 1.165) is 20.9 Å². The number of rotatable bonds is 7. The van der Waals surface area contributed by atoms with Crippen LogP contribution < -0.4 is 4.74 Å². The zero-order chi connectivity index (χ0) is 19.4. The summed E-state index contributed by atoms with van der Waals surface area (Å²) in [6, 6.07) is 8.62. The maximum absolute atomic E-state index is 13.0. The molecular weight excluding hydrogens is 466 g/mol. The van der Waals surface area contributed by atoms with Gasteiger partial charge in [-0.2, -0.15) is 9.78 Å². The van der Waals surface area contributed by atoms with Crippen LogP contribution in [0.2, 0.25) is 5.02 Å². The smallest absolute Gasteiger partial charge is 0.299 e. The van der Waals surface area contributed by atoms with E-state index in [1.807, 2.05) is 6.07 Å². The molecule has 142 valence electrons. The summed E-state index contributed by atoms with van der Waals surface area (Å²) in [5.41, 5.74) is 0. The number of halogens is 4. The Bertz CT molecular complexity index is 964. The molecule has 2 aromatic heterocycles. The molecule has 0 aliphatic carbocycles. The molecule has 3 rings (SSSR count). The van der Waals surface area contributed by atoms with Gasteiger partial charge < -0.3 is 9.15 Å². The number of ether oxygens (including phenoxy) is 1. The first-order valence-corrected chi connectivity index (χ1v) is 9.86. The van der Waals surface area contributed by atoms with Gasteiger partial charge in [0.1, 0.15) is 23.9 Å². The molecule has 0 atom stereocenters. The van der Waals surface area contributed by atoms with Crippen molar-refractivity contribution in [3.63, 3.8) is 0 Å². The fourth-order valence-corrected chi connectivity index (χ4v) is 3.21. The van der Waals surface area contributed by atoms with Crippen molar-refractivity contribution in [3.8, 4) is 5.75 Å². The summed E-state index contributed by atoms with van der Waals surface area (Å²) in [6.45, 7) is 0.153. The Morgan fingerprint density at radius 3 is 2.89 bits per heavy atom. The van der Waals surface area contributed by atoms with Crippen molar-refractivity contribution in [1.82, 2.24) is 14.9 Å². The third-order valence-electron chi connectivity index (χ3n) is 3.26. The second kappa shape index (κ2) is 8.85. The zero-order valence-electron chi connectivity index (χ0n) is 13.8. The summed E-state index contributed by atoms with van der Waals surface area (Å²) in [5, 5.41) is 11.8. The first-order chi connectivity index (χ1) is 13.0. The molecule has 0 spiro atoms. The maximum Gasteiger partial charge on any atom is 0.299 e. The number of furan rings is 1. The van der Waals surface area contributed by atoms with Gasteiger partial charge in [-0.05, 0) is 36.6 Å². The van der Waals surface area contributed by atoms with Gasteiger partial charge >= 0.3 is 0 Å². The van der Waals surface area contributed by atoms with Gasteiger partial charge in [-0.25, -0.2) is 8.78 Å². The predicted octanol–water partition coefficient (Wildman–Crippen LogP) is 5.41. The SMILES string of the molecule is CSc1nnc(C(F)F)n1N=Cc1ccc(COc2ccc(Br)cc2Cl)o1. The van der Waals surface area contributed by atoms with Crippen LogP contribution >= 0.6 is 39.3 Å². The van der Waals surface area contributed by atoms with E-state index in [2.05, 4.69) is 31.2 Å². The highest BCUT2D eigenvalue weighted by atomic mass is 79.9. The molecule has 0 fully saturated rings. The van der Waals surface area contributed by atoms with E-state index in [1.54, 1.807) is 30.5 Å². The van der Waals surface area contributed by atoms with Gasteiger partial charge in [-0.1, -0.05) is 39.3 Å². The second-order valence-electron chi connectivity index (χ2n) is 5.07. The van der Waals surface area contributed by atoms with Gasteiger partial charge in [-0.15, -0.1) is 10.2 Å². The number of thioether (sulfide) groups is 1. The molecule has 0 unspecified atom stereocenters. The lowest BCUT2D eigenvalue weighted by Gasteiger charge is -2.06. The Hall–Kier alpha value is -1.91. The summed E-state index contributed by atoms with van der Waals surface area (Å²) in [6.07, 6.45) is 0.220. The number of nitrogens with zero attached hydrogens (tertiary/aromatic N) is 4. The highest BCUT2D eigenvalue weighted by Crippen LogP contribution is 2.28. The van der Waals surface area contributed by atoms with E-state index in [0.29, 0.717) is 22.3 Å². The molecule has 11 heteroatoms. The summed E-state index contributed by atoms with van der Waals surface area (Å²) < 4.78 is 38.9. The molecule has 0 bridgehead atoms. The summed E-state index contributed by atoms with van der Waals surface area (Å²) in [4.78, 5) is 0. The van der Waals surface area contributed by atoms with Crippen molar-refractivity contribution in [1.29, 1.82) is 0 Å². The minimum atomic E-state index is -2.79. The van der Waals surface area contributed by atoms with Gasteiger partial charge in [-0.3, -0.25) is 0 Å². The normalized spacial score (nSPS) is 11.6. The average molecular weight is 478 g/mol. The van der Waals surface area contributed by atoms with E-state index >= 15 is 0 Å². The molecule has 0 N–H and O–H groups in total. The number of benzene rings is 1. The molecule has 0 radical (unpaired) electrons. The predicted molar refractivity (Wildman–Crippen MR) is 102 cm³/mol. The Morgan fingerprint density at radius 1 is 1.37 bits per heavy atom. The van der Waals surface area contributed by atoms with Crippen LogP contribution in [-0.2, 0) is 6.61 Å². The van der Waals surface area contributed by atoms with E-state index < -0.39 is 12.2 Å². The summed E-state index contributed by atoms with van der Waals surface area (Å²) in [7, 11) is 0. The van der Waals surface area contributed by atoms with Crippen molar-refractivity contribution in [3.05, 3.63) is 57.2 Å². The van der Waals surface area contributed by atoms with Crippen LogP contribution in [0.1, 0.15) is 23.8 Å². The van der Waals surface area contributed by atoms with E-state index in [1.165, 1.54) is 6.21 Å². The fourth-order valence-electron chi connectivity index (χ4n) is 2.05. The Balaban J connectivity index is 1.69. The molecule has 0 amide bonds. The van der Waals surface area contributed by atoms with Crippen molar-refractivity contribution in [2.45, 2.75) is 18.2 Å². The Kier molecular flexibility index (Phi) is 6.51. The molecule has 1 aromatic carbocycles. The molecular formula is C16H12BrClF2N4O2S. The van der Waals surface area contributed by atoms with Crippen LogP contribution in [0, 0.1) is 0 Å². The van der Waals surface area contributed by atoms with E-state index in [-0.39, 0.29) is 11.8 Å². The first-order valence-electron chi connectivity index (χ1n) is 7.46. The largest absolute Gasteiger partial charge is 0.484 e. The van der Waals surface area contributed by atoms with Crippen molar-refractivity contribution in [2.24, 2.45) is 5.10 Å². The van der Waals surface area contributed by atoms with Crippen molar-refractivity contribution in [2.75, 3.05) is 6.26 Å². The highest BCUT2D eigenvalue weighted by molar-refractivity contribution is 9.10. The van der Waals surface area contributed by atoms with Crippen LogP contribution in [0.4, 0.5) is 8.78 Å². The number of hydrogen-bond acceptors (Lipinski definition) is 6. The van der Waals surface area contributed by atoms with E-state index in [9.17, 15) is 8.78 Å². The van der Waals surface area contributed by atoms with Gasteiger partial charge in [0.05, 0.1) is 11.2 Å². The minimum Gasteiger partial charge on any atom is -0.484 e. The quantitative estimate of drug-likeness (QED) is 0.336. The highest BCUT2D eigenvalue weighted by Gasteiger charge is 2.19. The lowest BCUT2D eigenvalue weighted by molar-refractivity contribution is 0.135. The summed E-state index contributed by atoms with van der Waals surface area (Å²) >= 11 is 10.6. The zero-order valence-corrected chi connectivity index (χ0v) is 16.9. The molecule has 2 heterocycles. The molecule has 3 aromatic rings. The van der Waals surface area contributed by atoms with E-state index in [4.69, 9.17) is 20.8 Å². The van der Waals surface area contributed by atoms with Crippen molar-refractivity contribution >= 4 is 45.5 Å². The van der Waals surface area contributed by atoms with Crippen LogP contribution in [0.15, 0.2) is 49.5 Å². The van der Waals surface area contributed by atoms with Gasteiger partial charge in [0.25, 0.3) is 6.43 Å². The number of alkyl halides is 2. The minimum absolute atomic E-state index is 0.153. The fraction of sp³-hybridized carbons (Fsp3) is 0.188. The molecule has 0 aliphatic rings. The first kappa shape index (κ1) is 19.8. The molecule has 6 nitrogen and oxygen atoms in total. The third-order valence-corrected chi connectivity index (χ3v) is 4.67. The average Bonchev–Trinajstić information content (AvgIpc) is 3.25. The maximum atomic E-state index is 13.0. The Morgan fingerprint density at radius 2 is 2.19 bits per heavy atom. The van der Waals surface area contributed by atoms with Crippen LogP contribution in [0.25, 0.3) is 0 Å². The van der Waals surface area contributed by atoms with Crippen LogP contribution in [0.3, 0.4) is 0 Å². The molecule has 27 heavy (non-hydrogen) atoms. The van der Waals surface area contributed by atoms with Crippen molar-refractivity contribution < 1.29 is 17.9 Å². The second-order valence-corrected chi connectivity index (χ2v) is 7.17. The van der Waals surface area contributed by atoms with Crippen LogP contribution in [0.5, 0.6) is 5.75 Å². The van der Waals surface area contributed by atoms with Gasteiger partial charge in [0.15, 0.2) is 0 Å². The lowest BCUT2D eigenvalue weighted by Crippen LogP contribution is -2.00. The molecule has 0 saturated heterocycles. The topological polar surface area (TPSA) is 65.4 Å². The third kappa shape index (κ3) is 4.88. The number of aromatic nitrogens is 3.